The van der Waals surface area contributed by atoms with Crippen LogP contribution in [0.4, 0.5) is 5.69 Å². The molecule has 0 amide bonds. The summed E-state index contributed by atoms with van der Waals surface area (Å²) >= 11 is 0. The fourth-order valence-electron chi connectivity index (χ4n) is 3.99. The first kappa shape index (κ1) is 19.9. The highest BCUT2D eigenvalue weighted by atomic mass is 15.3. The SMILES string of the molecule is CCCCN(C)Cc1cccc(-c2cc(N3CCC3)c3cnn(C(C)C)c3n2)c1. The van der Waals surface area contributed by atoms with Crippen LogP contribution >= 0.6 is 0 Å². The van der Waals surface area contributed by atoms with Gasteiger partial charge in [-0.2, -0.15) is 5.10 Å². The van der Waals surface area contributed by atoms with Crippen LogP contribution < -0.4 is 4.90 Å². The number of unbranched alkanes of at least 4 members (excludes halogenated alkanes) is 1. The number of hydrogen-bond acceptors (Lipinski definition) is 4. The second-order valence-corrected chi connectivity index (χ2v) is 8.58. The van der Waals surface area contributed by atoms with Crippen molar-refractivity contribution in [3.63, 3.8) is 0 Å². The summed E-state index contributed by atoms with van der Waals surface area (Å²) in [6, 6.07) is 11.4. The second kappa shape index (κ2) is 8.54. The van der Waals surface area contributed by atoms with E-state index in [1.54, 1.807) is 0 Å². The molecule has 0 saturated carbocycles. The van der Waals surface area contributed by atoms with Gasteiger partial charge in [0.1, 0.15) is 0 Å². The summed E-state index contributed by atoms with van der Waals surface area (Å²) in [5.41, 5.74) is 5.83. The Morgan fingerprint density at radius 1 is 1.17 bits per heavy atom. The highest BCUT2D eigenvalue weighted by Gasteiger charge is 2.21. The molecule has 3 aromatic rings. The van der Waals surface area contributed by atoms with Crippen LogP contribution in [0.2, 0.25) is 0 Å². The molecular weight excluding hydrogens is 358 g/mol. The Hall–Kier alpha value is -2.40. The Morgan fingerprint density at radius 2 is 2.00 bits per heavy atom. The number of pyridine rings is 1. The van der Waals surface area contributed by atoms with Gasteiger partial charge in [-0.3, -0.25) is 0 Å². The first-order valence-electron chi connectivity index (χ1n) is 11.0. The maximum absolute atomic E-state index is 5.06. The van der Waals surface area contributed by atoms with Gasteiger partial charge in [0.15, 0.2) is 5.65 Å². The van der Waals surface area contributed by atoms with E-state index in [2.05, 4.69) is 73.0 Å². The fraction of sp³-hybridized carbons (Fsp3) is 0.500. The van der Waals surface area contributed by atoms with Crippen molar-refractivity contribution in [2.24, 2.45) is 0 Å². The molecule has 2 aromatic heterocycles. The summed E-state index contributed by atoms with van der Waals surface area (Å²) in [7, 11) is 2.20. The Morgan fingerprint density at radius 3 is 2.69 bits per heavy atom. The van der Waals surface area contributed by atoms with Gasteiger partial charge in [0, 0.05) is 31.2 Å². The summed E-state index contributed by atoms with van der Waals surface area (Å²) in [6.07, 6.45) is 5.72. The molecule has 0 radical (unpaired) electrons. The van der Waals surface area contributed by atoms with E-state index in [0.29, 0.717) is 0 Å². The van der Waals surface area contributed by atoms with Crippen LogP contribution in [-0.2, 0) is 6.54 Å². The summed E-state index contributed by atoms with van der Waals surface area (Å²) in [5, 5.41) is 5.80. The zero-order chi connectivity index (χ0) is 20.4. The summed E-state index contributed by atoms with van der Waals surface area (Å²) in [4.78, 5) is 9.91. The van der Waals surface area contributed by atoms with E-state index in [1.807, 2.05) is 10.9 Å². The molecule has 5 nitrogen and oxygen atoms in total. The molecule has 1 aromatic carbocycles. The number of rotatable bonds is 8. The standard InChI is InChI=1S/C24H33N5/c1-5-6-11-27(4)17-19-9-7-10-20(14-19)22-15-23(28-12-8-13-28)21-16-25-29(18(2)3)24(21)26-22/h7,9-10,14-16,18H,5-6,8,11-13,17H2,1-4H3. The summed E-state index contributed by atoms with van der Waals surface area (Å²) in [5.74, 6) is 0. The van der Waals surface area contributed by atoms with Crippen LogP contribution in [0.5, 0.6) is 0 Å². The maximum Gasteiger partial charge on any atom is 0.160 e. The van der Waals surface area contributed by atoms with Crippen LogP contribution in [0, 0.1) is 0 Å². The third kappa shape index (κ3) is 4.15. The molecule has 0 unspecified atom stereocenters. The predicted molar refractivity (Wildman–Crippen MR) is 121 cm³/mol. The first-order chi connectivity index (χ1) is 14.1. The lowest BCUT2D eigenvalue weighted by Crippen LogP contribution is -2.37. The van der Waals surface area contributed by atoms with Crippen LogP contribution in [-0.4, -0.2) is 46.3 Å². The van der Waals surface area contributed by atoms with Gasteiger partial charge in [0.05, 0.1) is 23.0 Å². The first-order valence-corrected chi connectivity index (χ1v) is 11.0. The van der Waals surface area contributed by atoms with Gasteiger partial charge in [-0.25, -0.2) is 9.67 Å². The molecule has 0 bridgehead atoms. The predicted octanol–water partition coefficient (Wildman–Crippen LogP) is 5.12. The van der Waals surface area contributed by atoms with Crippen molar-refractivity contribution in [2.45, 2.75) is 52.6 Å². The summed E-state index contributed by atoms with van der Waals surface area (Å²) < 4.78 is 2.05. The lowest BCUT2D eigenvalue weighted by molar-refractivity contribution is 0.321. The minimum absolute atomic E-state index is 0.290. The largest absolute Gasteiger partial charge is 0.371 e. The normalized spacial score (nSPS) is 14.2. The van der Waals surface area contributed by atoms with Crippen LogP contribution in [0.25, 0.3) is 22.3 Å². The van der Waals surface area contributed by atoms with Crippen LogP contribution in [0.1, 0.15) is 51.6 Å². The zero-order valence-electron chi connectivity index (χ0n) is 18.2. The van der Waals surface area contributed by atoms with Crippen molar-refractivity contribution in [2.75, 3.05) is 31.6 Å². The average Bonchev–Trinajstić information content (AvgIpc) is 3.09. The van der Waals surface area contributed by atoms with Gasteiger partial charge in [0.25, 0.3) is 0 Å². The summed E-state index contributed by atoms with van der Waals surface area (Å²) in [6.45, 7) is 10.9. The van der Waals surface area contributed by atoms with Gasteiger partial charge in [-0.15, -0.1) is 0 Å². The number of hydrogen-bond donors (Lipinski definition) is 0. The van der Waals surface area contributed by atoms with Crippen molar-refractivity contribution in [1.82, 2.24) is 19.7 Å². The van der Waals surface area contributed by atoms with E-state index in [9.17, 15) is 0 Å². The smallest absolute Gasteiger partial charge is 0.160 e. The Labute approximate surface area is 174 Å². The maximum atomic E-state index is 5.06. The van der Waals surface area contributed by atoms with E-state index >= 15 is 0 Å². The third-order valence-corrected chi connectivity index (χ3v) is 5.80. The molecule has 1 aliphatic rings. The number of aromatic nitrogens is 3. The molecule has 0 N–H and O–H groups in total. The van der Waals surface area contributed by atoms with Gasteiger partial charge in [-0.1, -0.05) is 31.5 Å². The van der Waals surface area contributed by atoms with Crippen LogP contribution in [0.3, 0.4) is 0 Å². The highest BCUT2D eigenvalue weighted by Crippen LogP contribution is 2.34. The third-order valence-electron chi connectivity index (χ3n) is 5.80. The van der Waals surface area contributed by atoms with Gasteiger partial charge in [0.2, 0.25) is 0 Å². The number of benzene rings is 1. The Balaban J connectivity index is 1.71. The van der Waals surface area contributed by atoms with Crippen molar-refractivity contribution >= 4 is 16.7 Å². The van der Waals surface area contributed by atoms with Crippen molar-refractivity contribution in [3.05, 3.63) is 42.1 Å². The Kier molecular flexibility index (Phi) is 5.86. The van der Waals surface area contributed by atoms with E-state index < -0.39 is 0 Å². The molecule has 3 heterocycles. The average molecular weight is 392 g/mol. The van der Waals surface area contributed by atoms with Crippen molar-refractivity contribution < 1.29 is 0 Å². The molecule has 1 fully saturated rings. The van der Waals surface area contributed by atoms with Crippen LogP contribution in [0.15, 0.2) is 36.5 Å². The van der Waals surface area contributed by atoms with E-state index in [-0.39, 0.29) is 6.04 Å². The lowest BCUT2D eigenvalue weighted by atomic mass is 10.0. The number of anilines is 1. The monoisotopic (exact) mass is 391 g/mol. The second-order valence-electron chi connectivity index (χ2n) is 8.58. The minimum atomic E-state index is 0.290. The molecular formula is C24H33N5. The quantitative estimate of drug-likeness (QED) is 0.534. The fourth-order valence-corrected chi connectivity index (χ4v) is 3.99. The molecule has 0 spiro atoms. The molecule has 29 heavy (non-hydrogen) atoms. The van der Waals surface area contributed by atoms with Gasteiger partial charge >= 0.3 is 0 Å². The molecule has 0 atom stereocenters. The molecule has 154 valence electrons. The molecule has 0 aliphatic carbocycles. The number of nitrogens with zero attached hydrogens (tertiary/aromatic N) is 5. The van der Waals surface area contributed by atoms with Gasteiger partial charge in [-0.05, 0) is 58.0 Å². The molecule has 1 saturated heterocycles. The van der Waals surface area contributed by atoms with E-state index in [0.717, 1.165) is 42.9 Å². The van der Waals surface area contributed by atoms with Crippen molar-refractivity contribution in [1.29, 1.82) is 0 Å². The van der Waals surface area contributed by atoms with Gasteiger partial charge < -0.3 is 9.80 Å². The lowest BCUT2D eigenvalue weighted by Gasteiger charge is -2.33. The zero-order valence-corrected chi connectivity index (χ0v) is 18.2. The highest BCUT2D eigenvalue weighted by molar-refractivity contribution is 5.92. The molecule has 5 heteroatoms. The topological polar surface area (TPSA) is 37.2 Å². The Bertz CT molecular complexity index is 971. The molecule has 1 aliphatic heterocycles. The minimum Gasteiger partial charge on any atom is -0.371 e. The van der Waals surface area contributed by atoms with Crippen molar-refractivity contribution in [3.8, 4) is 11.3 Å². The van der Waals surface area contributed by atoms with E-state index in [4.69, 9.17) is 4.98 Å². The van der Waals surface area contributed by atoms with E-state index in [1.165, 1.54) is 36.1 Å². The molecule has 4 rings (SSSR count). The number of fused-ring (bicyclic) bond motifs is 1.